The molecule has 1 saturated heterocycles. The van der Waals surface area contributed by atoms with Crippen molar-refractivity contribution in [3.63, 3.8) is 0 Å². The highest BCUT2D eigenvalue weighted by molar-refractivity contribution is 8.17. The van der Waals surface area contributed by atoms with Crippen LogP contribution < -0.4 is 0 Å². The maximum atomic E-state index is 6.46. The summed E-state index contributed by atoms with van der Waals surface area (Å²) in [6.07, 6.45) is 0.200. The van der Waals surface area contributed by atoms with Gasteiger partial charge in [-0.1, -0.05) is 51.1 Å². The average Bonchev–Trinajstić information content (AvgIpc) is 2.96. The van der Waals surface area contributed by atoms with Crippen LogP contribution in [0.4, 0.5) is 0 Å². The molecule has 0 amide bonds. The van der Waals surface area contributed by atoms with Crippen molar-refractivity contribution in [2.75, 3.05) is 18.1 Å². The highest BCUT2D eigenvalue weighted by Crippen LogP contribution is 2.37. The van der Waals surface area contributed by atoms with Gasteiger partial charge in [0.1, 0.15) is 0 Å². The highest BCUT2D eigenvalue weighted by atomic mass is 32.2. The first kappa shape index (κ1) is 21.1. The van der Waals surface area contributed by atoms with Gasteiger partial charge in [-0.15, -0.1) is 23.5 Å². The second kappa shape index (κ2) is 10.2. The van der Waals surface area contributed by atoms with Gasteiger partial charge in [-0.05, 0) is 30.9 Å². The van der Waals surface area contributed by atoms with Crippen LogP contribution in [0.3, 0.4) is 0 Å². The fourth-order valence-corrected chi connectivity index (χ4v) is 5.89. The Morgan fingerprint density at radius 3 is 2.32 bits per heavy atom. The summed E-state index contributed by atoms with van der Waals surface area (Å²) in [7, 11) is 0. The molecule has 142 valence electrons. The molecule has 25 heavy (non-hydrogen) atoms. The molecule has 3 atom stereocenters. The van der Waals surface area contributed by atoms with Crippen LogP contribution in [0.25, 0.3) is 0 Å². The molecule has 0 bridgehead atoms. The predicted octanol–water partition coefficient (Wildman–Crippen LogP) is 5.19. The molecule has 1 heterocycles. The minimum atomic E-state index is -0.492. The second-order valence-corrected chi connectivity index (χ2v) is 9.90. The van der Waals surface area contributed by atoms with Gasteiger partial charge >= 0.3 is 0 Å². The summed E-state index contributed by atoms with van der Waals surface area (Å²) in [6.45, 7) is 11.9. The molecule has 0 radical (unpaired) electrons. The van der Waals surface area contributed by atoms with Gasteiger partial charge < -0.3 is 14.2 Å². The van der Waals surface area contributed by atoms with E-state index >= 15 is 0 Å². The molecule has 2 rings (SSSR count). The van der Waals surface area contributed by atoms with Crippen molar-refractivity contribution in [2.24, 2.45) is 5.92 Å². The van der Waals surface area contributed by atoms with Gasteiger partial charge in [0.05, 0.1) is 30.0 Å². The zero-order chi connectivity index (χ0) is 18.3. The van der Waals surface area contributed by atoms with Crippen molar-refractivity contribution in [1.29, 1.82) is 0 Å². The normalized spacial score (nSPS) is 22.2. The van der Waals surface area contributed by atoms with Crippen molar-refractivity contribution in [2.45, 2.75) is 63.8 Å². The van der Waals surface area contributed by atoms with Crippen molar-refractivity contribution < 1.29 is 14.2 Å². The van der Waals surface area contributed by atoms with Crippen LogP contribution in [-0.2, 0) is 20.8 Å². The summed E-state index contributed by atoms with van der Waals surface area (Å²) in [4.78, 5) is 0. The Hall–Kier alpha value is -0.200. The van der Waals surface area contributed by atoms with E-state index in [1.165, 1.54) is 5.56 Å². The van der Waals surface area contributed by atoms with E-state index in [9.17, 15) is 0 Å². The van der Waals surface area contributed by atoms with Gasteiger partial charge in [-0.25, -0.2) is 0 Å². The molecule has 3 nitrogen and oxygen atoms in total. The molecule has 1 aliphatic rings. The average molecular weight is 385 g/mol. The SMILES string of the molecule is CCSC(SCC)[C@H](OCc1ccccc1)[C@@H](C)[C@H]1COC(C)(C)O1. The van der Waals surface area contributed by atoms with Gasteiger partial charge in [0.15, 0.2) is 5.79 Å². The predicted molar refractivity (Wildman–Crippen MR) is 109 cm³/mol. The summed E-state index contributed by atoms with van der Waals surface area (Å²) in [5, 5.41) is 0. The zero-order valence-electron chi connectivity index (χ0n) is 16.1. The quantitative estimate of drug-likeness (QED) is 0.517. The minimum Gasteiger partial charge on any atom is -0.371 e. The Morgan fingerprint density at radius 1 is 1.16 bits per heavy atom. The molecule has 0 spiro atoms. The lowest BCUT2D eigenvalue weighted by molar-refractivity contribution is -0.150. The van der Waals surface area contributed by atoms with Crippen LogP contribution in [0.5, 0.6) is 0 Å². The summed E-state index contributed by atoms with van der Waals surface area (Å²) in [5.74, 6) is 1.95. The summed E-state index contributed by atoms with van der Waals surface area (Å²) in [6, 6.07) is 10.4. The largest absolute Gasteiger partial charge is 0.371 e. The van der Waals surface area contributed by atoms with Crippen LogP contribution in [-0.4, -0.2) is 40.7 Å². The number of hydrogen-bond acceptors (Lipinski definition) is 5. The second-order valence-electron chi connectivity index (χ2n) is 6.77. The zero-order valence-corrected chi connectivity index (χ0v) is 17.7. The molecule has 5 heteroatoms. The number of hydrogen-bond donors (Lipinski definition) is 0. The van der Waals surface area contributed by atoms with E-state index in [0.29, 0.717) is 17.8 Å². The van der Waals surface area contributed by atoms with E-state index < -0.39 is 5.79 Å². The maximum absolute atomic E-state index is 6.46. The first-order valence-corrected chi connectivity index (χ1v) is 11.3. The Balaban J connectivity index is 2.09. The Kier molecular flexibility index (Phi) is 8.62. The van der Waals surface area contributed by atoms with Crippen molar-refractivity contribution >= 4 is 23.5 Å². The summed E-state index contributed by atoms with van der Waals surface area (Å²) >= 11 is 3.95. The molecule has 1 aromatic rings. The molecule has 1 aliphatic heterocycles. The molecular formula is C20H32O3S2. The smallest absolute Gasteiger partial charge is 0.163 e. The number of benzene rings is 1. The lowest BCUT2D eigenvalue weighted by Crippen LogP contribution is -2.39. The molecule has 0 saturated carbocycles. The first-order valence-electron chi connectivity index (χ1n) is 9.17. The molecule has 0 unspecified atom stereocenters. The van der Waals surface area contributed by atoms with Gasteiger partial charge in [0.25, 0.3) is 0 Å². The Morgan fingerprint density at radius 2 is 1.80 bits per heavy atom. The minimum absolute atomic E-state index is 0.0770. The third-order valence-electron chi connectivity index (χ3n) is 4.35. The molecule has 0 aliphatic carbocycles. The van der Waals surface area contributed by atoms with E-state index in [4.69, 9.17) is 14.2 Å². The number of ether oxygens (including phenoxy) is 3. The van der Waals surface area contributed by atoms with Crippen LogP contribution >= 0.6 is 23.5 Å². The topological polar surface area (TPSA) is 27.7 Å². The van der Waals surface area contributed by atoms with Crippen LogP contribution in [0, 0.1) is 5.92 Å². The Bertz CT molecular complexity index is 489. The van der Waals surface area contributed by atoms with E-state index in [2.05, 4.69) is 45.0 Å². The molecule has 0 N–H and O–H groups in total. The van der Waals surface area contributed by atoms with E-state index in [1.807, 2.05) is 43.4 Å². The third kappa shape index (κ3) is 6.47. The van der Waals surface area contributed by atoms with E-state index in [-0.39, 0.29) is 18.1 Å². The highest BCUT2D eigenvalue weighted by Gasteiger charge is 2.41. The van der Waals surface area contributed by atoms with Crippen LogP contribution in [0.2, 0.25) is 0 Å². The van der Waals surface area contributed by atoms with E-state index in [1.54, 1.807) is 0 Å². The summed E-state index contributed by atoms with van der Waals surface area (Å²) < 4.78 is 18.8. The lowest BCUT2D eigenvalue weighted by Gasteiger charge is -2.34. The van der Waals surface area contributed by atoms with Gasteiger partial charge in [0, 0.05) is 5.92 Å². The number of rotatable bonds is 10. The number of thioether (sulfide) groups is 2. The van der Waals surface area contributed by atoms with Crippen LogP contribution in [0.1, 0.15) is 40.2 Å². The van der Waals surface area contributed by atoms with Gasteiger partial charge in [-0.3, -0.25) is 0 Å². The van der Waals surface area contributed by atoms with Gasteiger partial charge in [-0.2, -0.15) is 0 Å². The fraction of sp³-hybridized carbons (Fsp3) is 0.700. The van der Waals surface area contributed by atoms with Gasteiger partial charge in [0.2, 0.25) is 0 Å². The lowest BCUT2D eigenvalue weighted by atomic mass is 9.99. The maximum Gasteiger partial charge on any atom is 0.163 e. The third-order valence-corrected chi connectivity index (χ3v) is 7.03. The molecular weight excluding hydrogens is 352 g/mol. The molecule has 0 aromatic heterocycles. The van der Waals surface area contributed by atoms with Crippen molar-refractivity contribution in [1.82, 2.24) is 0 Å². The molecule has 1 fully saturated rings. The summed E-state index contributed by atoms with van der Waals surface area (Å²) in [5.41, 5.74) is 1.21. The molecule has 1 aromatic carbocycles. The van der Waals surface area contributed by atoms with E-state index in [0.717, 1.165) is 11.5 Å². The van der Waals surface area contributed by atoms with Crippen molar-refractivity contribution in [3.8, 4) is 0 Å². The first-order chi connectivity index (χ1) is 12.0. The Labute approximate surface area is 161 Å². The monoisotopic (exact) mass is 384 g/mol. The fourth-order valence-electron chi connectivity index (χ4n) is 3.00. The standard InChI is InChI=1S/C20H32O3S2/c1-6-24-19(25-7-2)18(21-13-16-11-9-8-10-12-16)15(3)17-14-22-20(4,5)23-17/h8-12,15,17-19H,6-7,13-14H2,1-5H3/t15-,17+,18+/m0/s1. The van der Waals surface area contributed by atoms with Crippen LogP contribution in [0.15, 0.2) is 30.3 Å². The van der Waals surface area contributed by atoms with Crippen molar-refractivity contribution in [3.05, 3.63) is 35.9 Å².